The molecule has 0 aromatic heterocycles. The van der Waals surface area contributed by atoms with E-state index in [1.54, 1.807) is 18.2 Å². The van der Waals surface area contributed by atoms with Crippen LogP contribution in [0.25, 0.3) is 0 Å². The van der Waals surface area contributed by atoms with Gasteiger partial charge in [0.25, 0.3) is 0 Å². The van der Waals surface area contributed by atoms with Gasteiger partial charge in [0.1, 0.15) is 0 Å². The summed E-state index contributed by atoms with van der Waals surface area (Å²) in [5.74, 6) is -0.129. The normalized spacial score (nSPS) is 9.77. The van der Waals surface area contributed by atoms with Crippen molar-refractivity contribution >= 4 is 27.5 Å². The van der Waals surface area contributed by atoms with Crippen molar-refractivity contribution in [2.24, 2.45) is 0 Å². The molecule has 13 heavy (non-hydrogen) atoms. The predicted octanol–water partition coefficient (Wildman–Crippen LogP) is 1.90. The molecule has 0 saturated carbocycles. The molecule has 0 unspecified atom stereocenters. The van der Waals surface area contributed by atoms with Crippen molar-refractivity contribution in [2.75, 3.05) is 5.32 Å². The number of anilines is 1. The summed E-state index contributed by atoms with van der Waals surface area (Å²) in [7, 11) is 0. The van der Waals surface area contributed by atoms with Crippen LogP contribution in [0.1, 0.15) is 12.5 Å². The molecule has 70 valence electrons. The Morgan fingerprint density at radius 1 is 1.62 bits per heavy atom. The van der Waals surface area contributed by atoms with Crippen molar-refractivity contribution in [1.82, 2.24) is 0 Å². The molecule has 1 amide bonds. The zero-order valence-electron chi connectivity index (χ0n) is 7.17. The molecule has 0 aliphatic carbocycles. The highest BCUT2D eigenvalue weighted by molar-refractivity contribution is 9.10. The van der Waals surface area contributed by atoms with E-state index in [0.717, 1.165) is 10.0 Å². The van der Waals surface area contributed by atoms with Gasteiger partial charge in [-0.1, -0.05) is 12.1 Å². The van der Waals surface area contributed by atoms with Crippen molar-refractivity contribution < 1.29 is 9.90 Å². The smallest absolute Gasteiger partial charge is 0.221 e. The number of halogens is 1. The van der Waals surface area contributed by atoms with Gasteiger partial charge in [-0.2, -0.15) is 0 Å². The Bertz CT molecular complexity index is 325. The molecule has 0 aliphatic rings. The Morgan fingerprint density at radius 2 is 2.31 bits per heavy atom. The maximum atomic E-state index is 10.8. The SMILES string of the molecule is CC(=O)Nc1cccc(CO)c1Br. The van der Waals surface area contributed by atoms with Crippen LogP contribution in [-0.4, -0.2) is 11.0 Å². The van der Waals surface area contributed by atoms with Gasteiger partial charge in [0.15, 0.2) is 0 Å². The van der Waals surface area contributed by atoms with Gasteiger partial charge in [-0.15, -0.1) is 0 Å². The van der Waals surface area contributed by atoms with Gasteiger partial charge in [0, 0.05) is 11.4 Å². The van der Waals surface area contributed by atoms with Crippen molar-refractivity contribution in [3.8, 4) is 0 Å². The fourth-order valence-electron chi connectivity index (χ4n) is 0.988. The van der Waals surface area contributed by atoms with E-state index in [1.165, 1.54) is 6.92 Å². The molecular formula is C9H10BrNO2. The summed E-state index contributed by atoms with van der Waals surface area (Å²) >= 11 is 3.30. The van der Waals surface area contributed by atoms with Crippen molar-refractivity contribution in [1.29, 1.82) is 0 Å². The Morgan fingerprint density at radius 3 is 2.85 bits per heavy atom. The second-order valence-corrected chi connectivity index (χ2v) is 3.41. The fourth-order valence-corrected chi connectivity index (χ4v) is 1.48. The minimum absolute atomic E-state index is 0.0476. The van der Waals surface area contributed by atoms with E-state index in [0.29, 0.717) is 5.69 Å². The standard InChI is InChI=1S/C9H10BrNO2/c1-6(13)11-8-4-2-3-7(5-12)9(8)10/h2-4,12H,5H2,1H3,(H,11,13). The van der Waals surface area contributed by atoms with Crippen molar-refractivity contribution in [3.05, 3.63) is 28.2 Å². The molecule has 4 heteroatoms. The van der Waals surface area contributed by atoms with E-state index >= 15 is 0 Å². The molecule has 1 aromatic rings. The molecule has 0 fully saturated rings. The number of benzene rings is 1. The van der Waals surface area contributed by atoms with E-state index < -0.39 is 0 Å². The molecule has 0 radical (unpaired) electrons. The largest absolute Gasteiger partial charge is 0.392 e. The minimum Gasteiger partial charge on any atom is -0.392 e. The fraction of sp³-hybridized carbons (Fsp3) is 0.222. The summed E-state index contributed by atoms with van der Waals surface area (Å²) in [5.41, 5.74) is 1.44. The predicted molar refractivity (Wildman–Crippen MR) is 54.4 cm³/mol. The van der Waals surface area contributed by atoms with Crippen molar-refractivity contribution in [2.45, 2.75) is 13.5 Å². The van der Waals surface area contributed by atoms with Gasteiger partial charge in [0.2, 0.25) is 5.91 Å². The Kier molecular flexibility index (Phi) is 3.45. The molecule has 0 atom stereocenters. The van der Waals surface area contributed by atoms with Gasteiger partial charge < -0.3 is 10.4 Å². The molecule has 0 aliphatic heterocycles. The number of hydrogen-bond acceptors (Lipinski definition) is 2. The topological polar surface area (TPSA) is 49.3 Å². The Balaban J connectivity index is 3.01. The lowest BCUT2D eigenvalue weighted by Crippen LogP contribution is -2.06. The number of aliphatic hydroxyl groups excluding tert-OH is 1. The third-order valence-corrected chi connectivity index (χ3v) is 2.50. The van der Waals surface area contributed by atoms with Crippen LogP contribution in [0.15, 0.2) is 22.7 Å². The maximum Gasteiger partial charge on any atom is 0.221 e. The third kappa shape index (κ3) is 2.54. The molecule has 2 N–H and O–H groups in total. The number of carbonyl (C=O) groups is 1. The number of aliphatic hydroxyl groups is 1. The lowest BCUT2D eigenvalue weighted by molar-refractivity contribution is -0.114. The van der Waals surface area contributed by atoms with E-state index in [9.17, 15) is 4.79 Å². The first-order valence-corrected chi connectivity index (χ1v) is 4.60. The average molecular weight is 244 g/mol. The van der Waals surface area contributed by atoms with Gasteiger partial charge in [0.05, 0.1) is 12.3 Å². The molecular weight excluding hydrogens is 234 g/mol. The molecule has 0 saturated heterocycles. The van der Waals surface area contributed by atoms with Crippen LogP contribution < -0.4 is 5.32 Å². The van der Waals surface area contributed by atoms with Crippen LogP contribution in [0.3, 0.4) is 0 Å². The second kappa shape index (κ2) is 4.39. The summed E-state index contributed by atoms with van der Waals surface area (Å²) in [6.07, 6.45) is 0. The third-order valence-electron chi connectivity index (χ3n) is 1.56. The first-order chi connectivity index (χ1) is 6.15. The highest BCUT2D eigenvalue weighted by Gasteiger charge is 2.04. The average Bonchev–Trinajstić information content (AvgIpc) is 2.08. The summed E-state index contributed by atoms with van der Waals surface area (Å²) in [5, 5.41) is 11.6. The summed E-state index contributed by atoms with van der Waals surface area (Å²) in [6.45, 7) is 1.39. The van der Waals surface area contributed by atoms with Gasteiger partial charge in [-0.05, 0) is 27.6 Å². The van der Waals surface area contributed by atoms with Crippen LogP contribution in [0, 0.1) is 0 Å². The number of hydrogen-bond donors (Lipinski definition) is 2. The molecule has 3 nitrogen and oxygen atoms in total. The highest BCUT2D eigenvalue weighted by Crippen LogP contribution is 2.26. The Labute approximate surface area is 84.9 Å². The lowest BCUT2D eigenvalue weighted by atomic mass is 10.2. The van der Waals surface area contributed by atoms with Crippen LogP contribution >= 0.6 is 15.9 Å². The van der Waals surface area contributed by atoms with Crippen LogP contribution in [0.2, 0.25) is 0 Å². The van der Waals surface area contributed by atoms with Crippen molar-refractivity contribution in [3.63, 3.8) is 0 Å². The number of nitrogens with one attached hydrogen (secondary N) is 1. The molecule has 0 heterocycles. The van der Waals surface area contributed by atoms with E-state index in [2.05, 4.69) is 21.2 Å². The monoisotopic (exact) mass is 243 g/mol. The zero-order chi connectivity index (χ0) is 9.84. The van der Waals surface area contributed by atoms with Crippen LogP contribution in [0.5, 0.6) is 0 Å². The molecule has 0 bridgehead atoms. The van der Waals surface area contributed by atoms with Gasteiger partial charge in [-0.25, -0.2) is 0 Å². The number of carbonyl (C=O) groups excluding carboxylic acids is 1. The first-order valence-electron chi connectivity index (χ1n) is 3.81. The summed E-state index contributed by atoms with van der Waals surface area (Å²) < 4.78 is 0.729. The Hall–Kier alpha value is -0.870. The second-order valence-electron chi connectivity index (χ2n) is 2.62. The zero-order valence-corrected chi connectivity index (χ0v) is 8.76. The first kappa shape index (κ1) is 10.2. The summed E-state index contributed by atoms with van der Waals surface area (Å²) in [6, 6.07) is 5.33. The van der Waals surface area contributed by atoms with Gasteiger partial charge in [-0.3, -0.25) is 4.79 Å². The molecule has 1 aromatic carbocycles. The number of amides is 1. The van der Waals surface area contributed by atoms with Crippen LogP contribution in [-0.2, 0) is 11.4 Å². The maximum absolute atomic E-state index is 10.8. The lowest BCUT2D eigenvalue weighted by Gasteiger charge is -2.07. The van der Waals surface area contributed by atoms with E-state index in [-0.39, 0.29) is 12.5 Å². The number of rotatable bonds is 2. The van der Waals surface area contributed by atoms with Gasteiger partial charge >= 0.3 is 0 Å². The van der Waals surface area contributed by atoms with E-state index in [4.69, 9.17) is 5.11 Å². The molecule has 0 spiro atoms. The minimum atomic E-state index is -0.129. The summed E-state index contributed by atoms with van der Waals surface area (Å²) in [4.78, 5) is 10.8. The van der Waals surface area contributed by atoms with E-state index in [1.807, 2.05) is 0 Å². The quantitative estimate of drug-likeness (QED) is 0.834. The molecule has 1 rings (SSSR count). The highest BCUT2D eigenvalue weighted by atomic mass is 79.9. The van der Waals surface area contributed by atoms with Crippen LogP contribution in [0.4, 0.5) is 5.69 Å².